The summed E-state index contributed by atoms with van der Waals surface area (Å²) in [7, 11) is 4.34. The fraction of sp³-hybridized carbons (Fsp3) is 0.676. The third kappa shape index (κ3) is 34.0. The summed E-state index contributed by atoms with van der Waals surface area (Å²) in [6.07, 6.45) is 31.1. The van der Waals surface area contributed by atoms with Gasteiger partial charge >= 0.3 is 24.8 Å². The van der Waals surface area contributed by atoms with Gasteiger partial charge in [0.15, 0.2) is 0 Å². The number of hydrogen-bond donors (Lipinski definition) is 1. The number of rotatable bonds is 22. The quantitative estimate of drug-likeness (QED) is 0.0589. The van der Waals surface area contributed by atoms with E-state index in [0.717, 1.165) is 0 Å². The molecule has 0 saturated carbocycles. The molecular formula is C37H63BBr2NS4. The van der Waals surface area contributed by atoms with E-state index in [9.17, 15) is 0 Å². The summed E-state index contributed by atoms with van der Waals surface area (Å²) in [4.78, 5) is 0. The minimum atomic E-state index is 0. The second-order valence-electron chi connectivity index (χ2n) is 11.3. The average molecular weight is 821 g/mol. The van der Waals surface area contributed by atoms with Crippen molar-refractivity contribution in [1.82, 2.24) is 0 Å². The van der Waals surface area contributed by atoms with Crippen LogP contribution in [0.2, 0.25) is 0 Å². The fourth-order valence-electron chi connectivity index (χ4n) is 4.80. The molecule has 0 bridgehead atoms. The molecule has 3 heterocycles. The molecule has 3 rings (SSSR count). The van der Waals surface area contributed by atoms with Crippen LogP contribution >= 0.6 is 78.7 Å². The molecule has 0 saturated heterocycles. The van der Waals surface area contributed by atoms with Gasteiger partial charge < -0.3 is 0 Å². The molecular weight excluding hydrogens is 757 g/mol. The van der Waals surface area contributed by atoms with Crippen molar-refractivity contribution >= 4 is 86.3 Å². The summed E-state index contributed by atoms with van der Waals surface area (Å²) in [5, 5.41) is 10.7. The second kappa shape index (κ2) is 38.7. The maximum absolute atomic E-state index is 4.34. The first-order valence-electron chi connectivity index (χ1n) is 17.0. The van der Waals surface area contributed by atoms with Gasteiger partial charge in [0.1, 0.15) is 0 Å². The number of thiophene rings is 3. The molecule has 0 unspecified atom stereocenters. The van der Waals surface area contributed by atoms with E-state index in [1.165, 1.54) is 161 Å². The minimum absolute atomic E-state index is 0. The van der Waals surface area contributed by atoms with Crippen molar-refractivity contribution in [3.63, 3.8) is 0 Å². The fourth-order valence-corrected chi connectivity index (χ4v) is 7.97. The van der Waals surface area contributed by atoms with E-state index in [-0.39, 0.29) is 7.43 Å². The standard InChI is InChI=1S/C16H27BrS.C16H28S.C4H3BrS.CH4.BHNS/c1-2-3-4-5-6-7-8-9-10-11-12-15-13-14-18-16(15)17;1-2-3-4-5-6-7-8-9-10-11-12-16-13-14-17-15-16;5-4-1-2-6-3-4;;1-2-3/h13-14H,2-12H2,1H3;13-15H,2-12H2,1H3;1-3H;1H4;3H. The third-order valence-electron chi connectivity index (χ3n) is 7.38. The Balaban J connectivity index is 0. The summed E-state index contributed by atoms with van der Waals surface area (Å²) in [6.45, 7) is 4.57. The van der Waals surface area contributed by atoms with Crippen molar-refractivity contribution in [3.05, 3.63) is 64.5 Å². The molecule has 0 fully saturated rings. The Labute approximate surface area is 315 Å². The molecule has 1 radical (unpaired) electrons. The number of unbranched alkanes of at least 4 members (excludes halogenated alkanes) is 18. The number of nitrogens with zero attached hydrogens (tertiary/aromatic N) is 1. The summed E-state index contributed by atoms with van der Waals surface area (Å²) in [5.41, 5.74) is 3.04. The van der Waals surface area contributed by atoms with Crippen molar-refractivity contribution in [2.24, 2.45) is 4.30 Å². The van der Waals surface area contributed by atoms with Gasteiger partial charge in [-0.1, -0.05) is 137 Å². The van der Waals surface area contributed by atoms with E-state index < -0.39 is 0 Å². The van der Waals surface area contributed by atoms with Gasteiger partial charge in [-0.25, -0.2) is 0 Å². The number of thiol groups is 1. The van der Waals surface area contributed by atoms with Crippen LogP contribution in [0.5, 0.6) is 0 Å². The molecule has 0 amide bonds. The predicted octanol–water partition coefficient (Wildman–Crippen LogP) is 16.5. The Morgan fingerprint density at radius 1 is 0.600 bits per heavy atom. The van der Waals surface area contributed by atoms with E-state index in [4.69, 9.17) is 0 Å². The first-order valence-corrected chi connectivity index (χ1v) is 21.8. The van der Waals surface area contributed by atoms with Crippen molar-refractivity contribution in [2.75, 3.05) is 0 Å². The van der Waals surface area contributed by atoms with E-state index in [1.807, 2.05) is 28.2 Å². The van der Waals surface area contributed by atoms with Crippen LogP contribution in [0.4, 0.5) is 0 Å². The van der Waals surface area contributed by atoms with Crippen molar-refractivity contribution in [1.29, 1.82) is 0 Å². The molecule has 0 aliphatic rings. The summed E-state index contributed by atoms with van der Waals surface area (Å²) < 4.78 is 5.20. The van der Waals surface area contributed by atoms with E-state index in [2.05, 4.69) is 98.7 Å². The van der Waals surface area contributed by atoms with Gasteiger partial charge in [0.05, 0.1) is 3.79 Å². The number of aryl methyl sites for hydroxylation is 2. The molecule has 1 nitrogen and oxygen atoms in total. The molecule has 3 aromatic rings. The molecule has 0 aliphatic heterocycles. The van der Waals surface area contributed by atoms with Gasteiger partial charge in [-0.3, -0.25) is 0 Å². The summed E-state index contributed by atoms with van der Waals surface area (Å²) in [6, 6.07) is 6.53. The maximum atomic E-state index is 4.34. The van der Waals surface area contributed by atoms with Crippen molar-refractivity contribution < 1.29 is 0 Å². The normalized spacial score (nSPS) is 9.96. The topological polar surface area (TPSA) is 12.4 Å². The van der Waals surface area contributed by atoms with Gasteiger partial charge in [0.2, 0.25) is 0 Å². The molecule has 8 heteroatoms. The Morgan fingerprint density at radius 2 is 1.02 bits per heavy atom. The zero-order chi connectivity index (χ0) is 32.4. The Morgan fingerprint density at radius 3 is 1.36 bits per heavy atom. The zero-order valence-corrected chi connectivity index (χ0v) is 34.1. The first kappa shape index (κ1) is 47.4. The van der Waals surface area contributed by atoms with Crippen LogP contribution in [0, 0.1) is 0 Å². The van der Waals surface area contributed by atoms with E-state index >= 15 is 0 Å². The monoisotopic (exact) mass is 818 g/mol. The molecule has 0 aliphatic carbocycles. The molecule has 45 heavy (non-hydrogen) atoms. The van der Waals surface area contributed by atoms with Crippen LogP contribution in [0.25, 0.3) is 0 Å². The van der Waals surface area contributed by atoms with Crippen LogP contribution in [-0.2, 0) is 12.8 Å². The van der Waals surface area contributed by atoms with Crippen LogP contribution in [0.3, 0.4) is 0 Å². The van der Waals surface area contributed by atoms with Gasteiger partial charge in [-0.15, -0.1) is 11.3 Å². The molecule has 0 spiro atoms. The predicted molar refractivity (Wildman–Crippen MR) is 223 cm³/mol. The van der Waals surface area contributed by atoms with E-state index in [0.29, 0.717) is 0 Å². The van der Waals surface area contributed by atoms with Gasteiger partial charge in [-0.2, -0.15) is 22.7 Å². The van der Waals surface area contributed by atoms with E-state index in [1.54, 1.807) is 22.7 Å². The first-order chi connectivity index (χ1) is 21.6. The zero-order valence-electron chi connectivity index (χ0n) is 27.6. The van der Waals surface area contributed by atoms with Gasteiger partial charge in [0.25, 0.3) is 0 Å². The third-order valence-corrected chi connectivity index (χ3v) is 11.4. The van der Waals surface area contributed by atoms with Crippen LogP contribution in [0.1, 0.15) is 161 Å². The van der Waals surface area contributed by atoms with Gasteiger partial charge in [-0.05, 0) is 108 Å². The average Bonchev–Trinajstić information content (AvgIpc) is 3.81. The molecule has 3 aromatic heterocycles. The van der Waals surface area contributed by atoms with Crippen LogP contribution < -0.4 is 0 Å². The van der Waals surface area contributed by atoms with Crippen LogP contribution in [-0.4, -0.2) is 7.64 Å². The number of hydrogen-bond acceptors (Lipinski definition) is 5. The van der Waals surface area contributed by atoms with Crippen molar-refractivity contribution in [2.45, 2.75) is 163 Å². The van der Waals surface area contributed by atoms with Crippen molar-refractivity contribution in [3.8, 4) is 0 Å². The number of halogens is 2. The summed E-state index contributed by atoms with van der Waals surface area (Å²) >= 11 is 15.4. The molecule has 257 valence electrons. The molecule has 0 aromatic carbocycles. The Hall–Kier alpha value is 0.275. The van der Waals surface area contributed by atoms with Crippen LogP contribution in [0.15, 0.2) is 57.7 Å². The molecule has 0 N–H and O–H groups in total. The Kier molecular flexibility index (Phi) is 40.8. The molecule has 0 atom stereocenters. The second-order valence-corrected chi connectivity index (χ2v) is 16.2. The van der Waals surface area contributed by atoms with Gasteiger partial charge in [0, 0.05) is 9.85 Å². The summed E-state index contributed by atoms with van der Waals surface area (Å²) in [5.74, 6) is 0. The SMILES string of the molecule is Brc1ccsc1.C.CCCCCCCCCCCCc1ccsc1.CCCCCCCCCCCCc1ccsc1Br.[B]=NS. The Bertz CT molecular complexity index is 932.